The molecule has 0 spiro atoms. The summed E-state index contributed by atoms with van der Waals surface area (Å²) in [7, 11) is -3.08. The third kappa shape index (κ3) is 4.12. The number of carbonyl (C=O) groups excluding carboxylic acids is 1. The number of thiophene rings is 1. The van der Waals surface area contributed by atoms with Gasteiger partial charge in [0.25, 0.3) is 5.91 Å². The molecule has 1 amide bonds. The van der Waals surface area contributed by atoms with Crippen molar-refractivity contribution in [1.82, 2.24) is 15.1 Å². The lowest BCUT2D eigenvalue weighted by atomic mass is 10.1. The lowest BCUT2D eigenvalue weighted by molar-refractivity contribution is 0.0719. The van der Waals surface area contributed by atoms with Gasteiger partial charge >= 0.3 is 0 Å². The van der Waals surface area contributed by atoms with Crippen molar-refractivity contribution in [3.8, 4) is 10.6 Å². The highest BCUT2D eigenvalue weighted by molar-refractivity contribution is 7.92. The first-order chi connectivity index (χ1) is 11.9. The molecule has 0 unspecified atom stereocenters. The van der Waals surface area contributed by atoms with Crippen molar-refractivity contribution >= 4 is 27.1 Å². The van der Waals surface area contributed by atoms with Gasteiger partial charge in [-0.05, 0) is 36.3 Å². The van der Waals surface area contributed by atoms with Gasteiger partial charge in [-0.25, -0.2) is 8.42 Å². The summed E-state index contributed by atoms with van der Waals surface area (Å²) in [6.07, 6.45) is 1.01. The normalized spacial score (nSPS) is 16.5. The van der Waals surface area contributed by atoms with Gasteiger partial charge in [0.2, 0.25) is 0 Å². The predicted octanol–water partition coefficient (Wildman–Crippen LogP) is 2.81. The Hall–Kier alpha value is -1.67. The van der Waals surface area contributed by atoms with Crippen LogP contribution in [0.5, 0.6) is 0 Å². The number of H-pyrrole nitrogens is 1. The molecule has 2 aromatic rings. The number of rotatable bonds is 5. The van der Waals surface area contributed by atoms with E-state index in [1.54, 1.807) is 22.3 Å². The van der Waals surface area contributed by atoms with Crippen LogP contribution < -0.4 is 0 Å². The molecule has 1 fully saturated rings. The minimum absolute atomic E-state index is 0.129. The molecular weight excluding hydrogens is 358 g/mol. The van der Waals surface area contributed by atoms with E-state index in [-0.39, 0.29) is 22.8 Å². The van der Waals surface area contributed by atoms with Crippen LogP contribution in [0.1, 0.15) is 37.2 Å². The van der Waals surface area contributed by atoms with Crippen LogP contribution in [0.4, 0.5) is 0 Å². The fourth-order valence-electron chi connectivity index (χ4n) is 3.17. The Morgan fingerprint density at radius 1 is 1.40 bits per heavy atom. The maximum atomic E-state index is 12.6. The Kier molecular flexibility index (Phi) is 5.29. The Bertz CT molecular complexity index is 817. The number of aromatic amines is 1. The van der Waals surface area contributed by atoms with Crippen LogP contribution in [0.2, 0.25) is 0 Å². The van der Waals surface area contributed by atoms with Crippen molar-refractivity contribution in [3.63, 3.8) is 0 Å². The van der Waals surface area contributed by atoms with Gasteiger partial charge in [0.05, 0.1) is 21.6 Å². The SMILES string of the molecule is CC(C)CS(=O)(=O)C1CCN(C(=O)c2cc(-c3cccs3)[nH]n2)CC1. The van der Waals surface area contributed by atoms with E-state index in [0.717, 1.165) is 10.6 Å². The number of aromatic nitrogens is 2. The number of carbonyl (C=O) groups is 1. The molecule has 3 heterocycles. The van der Waals surface area contributed by atoms with Gasteiger partial charge in [-0.3, -0.25) is 9.89 Å². The number of hydrogen-bond donors (Lipinski definition) is 1. The molecule has 25 heavy (non-hydrogen) atoms. The summed E-state index contributed by atoms with van der Waals surface area (Å²) in [5.41, 5.74) is 1.21. The lowest BCUT2D eigenvalue weighted by Crippen LogP contribution is -2.43. The topological polar surface area (TPSA) is 83.1 Å². The molecule has 0 bridgehead atoms. The zero-order chi connectivity index (χ0) is 18.0. The van der Waals surface area contributed by atoms with Crippen LogP contribution in [-0.2, 0) is 9.84 Å². The Balaban J connectivity index is 1.62. The summed E-state index contributed by atoms with van der Waals surface area (Å²) in [6.45, 7) is 4.75. The van der Waals surface area contributed by atoms with Crippen molar-refractivity contribution < 1.29 is 13.2 Å². The van der Waals surface area contributed by atoms with Gasteiger partial charge in [-0.2, -0.15) is 5.10 Å². The number of hydrogen-bond acceptors (Lipinski definition) is 5. The molecule has 3 rings (SSSR count). The van der Waals surface area contributed by atoms with Crippen LogP contribution in [0.3, 0.4) is 0 Å². The van der Waals surface area contributed by atoms with Gasteiger partial charge < -0.3 is 4.90 Å². The van der Waals surface area contributed by atoms with E-state index in [2.05, 4.69) is 10.2 Å². The molecule has 0 aromatic carbocycles. The molecule has 0 aliphatic carbocycles. The zero-order valence-corrected chi connectivity index (χ0v) is 16.1. The first-order valence-corrected chi connectivity index (χ1v) is 11.1. The summed E-state index contributed by atoms with van der Waals surface area (Å²) in [6, 6.07) is 5.68. The van der Waals surface area contributed by atoms with Crippen molar-refractivity contribution in [2.45, 2.75) is 31.9 Å². The Morgan fingerprint density at radius 2 is 2.12 bits per heavy atom. The van der Waals surface area contributed by atoms with Gasteiger partial charge in [0, 0.05) is 13.1 Å². The third-order valence-electron chi connectivity index (χ3n) is 4.39. The average Bonchev–Trinajstić information content (AvgIpc) is 3.24. The molecule has 1 saturated heterocycles. The van der Waals surface area contributed by atoms with E-state index in [1.807, 2.05) is 31.4 Å². The lowest BCUT2D eigenvalue weighted by Gasteiger charge is -2.31. The number of nitrogens with zero attached hydrogens (tertiary/aromatic N) is 2. The molecule has 8 heteroatoms. The molecule has 0 atom stereocenters. The van der Waals surface area contributed by atoms with Gasteiger partial charge in [-0.15, -0.1) is 11.3 Å². The summed E-state index contributed by atoms with van der Waals surface area (Å²) < 4.78 is 24.7. The van der Waals surface area contributed by atoms with Gasteiger partial charge in [0.15, 0.2) is 15.5 Å². The van der Waals surface area contributed by atoms with Crippen LogP contribution >= 0.6 is 11.3 Å². The summed E-state index contributed by atoms with van der Waals surface area (Å²) in [4.78, 5) is 15.4. The molecule has 6 nitrogen and oxygen atoms in total. The van der Waals surface area contributed by atoms with E-state index in [1.165, 1.54) is 0 Å². The molecule has 1 aliphatic heterocycles. The second-order valence-electron chi connectivity index (χ2n) is 6.86. The van der Waals surface area contributed by atoms with Crippen molar-refractivity contribution in [1.29, 1.82) is 0 Å². The molecule has 1 N–H and O–H groups in total. The number of nitrogens with one attached hydrogen (secondary N) is 1. The standard InChI is InChI=1S/C17H23N3O3S2/c1-12(2)11-25(22,23)13-5-7-20(8-6-13)17(21)15-10-14(18-19-15)16-4-3-9-24-16/h3-4,9-10,12-13H,5-8,11H2,1-2H3,(H,18,19). The molecule has 1 aliphatic rings. The Morgan fingerprint density at radius 3 is 2.72 bits per heavy atom. The molecule has 0 radical (unpaired) electrons. The van der Waals surface area contributed by atoms with E-state index < -0.39 is 9.84 Å². The molecular formula is C17H23N3O3S2. The van der Waals surface area contributed by atoms with E-state index in [9.17, 15) is 13.2 Å². The first kappa shape index (κ1) is 18.1. The van der Waals surface area contributed by atoms with Crippen molar-refractivity contribution in [3.05, 3.63) is 29.3 Å². The highest BCUT2D eigenvalue weighted by Crippen LogP contribution is 2.25. The largest absolute Gasteiger partial charge is 0.337 e. The second kappa shape index (κ2) is 7.29. The summed E-state index contributed by atoms with van der Waals surface area (Å²) >= 11 is 1.58. The van der Waals surface area contributed by atoms with Crippen molar-refractivity contribution in [2.24, 2.45) is 5.92 Å². The zero-order valence-electron chi connectivity index (χ0n) is 14.4. The smallest absolute Gasteiger partial charge is 0.274 e. The molecule has 0 saturated carbocycles. The maximum absolute atomic E-state index is 12.6. The van der Waals surface area contributed by atoms with Crippen LogP contribution in [0.25, 0.3) is 10.6 Å². The fraction of sp³-hybridized carbons (Fsp3) is 0.529. The maximum Gasteiger partial charge on any atom is 0.274 e. The van der Waals surface area contributed by atoms with E-state index >= 15 is 0 Å². The summed E-state index contributed by atoms with van der Waals surface area (Å²) in [5, 5.41) is 8.67. The number of likely N-dealkylation sites (tertiary alicyclic amines) is 1. The molecule has 136 valence electrons. The quantitative estimate of drug-likeness (QED) is 0.863. The second-order valence-corrected chi connectivity index (χ2v) is 10.1. The minimum atomic E-state index is -3.08. The van der Waals surface area contributed by atoms with Gasteiger partial charge in [0.1, 0.15) is 0 Å². The molecule has 2 aromatic heterocycles. The van der Waals surface area contributed by atoms with E-state index in [4.69, 9.17) is 0 Å². The predicted molar refractivity (Wildman–Crippen MR) is 99.5 cm³/mol. The van der Waals surface area contributed by atoms with Crippen molar-refractivity contribution in [2.75, 3.05) is 18.8 Å². The highest BCUT2D eigenvalue weighted by atomic mass is 32.2. The highest BCUT2D eigenvalue weighted by Gasteiger charge is 2.32. The van der Waals surface area contributed by atoms with Crippen LogP contribution in [0, 0.1) is 5.92 Å². The number of sulfone groups is 1. The first-order valence-electron chi connectivity index (χ1n) is 8.47. The van der Waals surface area contributed by atoms with E-state index in [0.29, 0.717) is 31.6 Å². The minimum Gasteiger partial charge on any atom is -0.337 e. The monoisotopic (exact) mass is 381 g/mol. The number of amides is 1. The summed E-state index contributed by atoms with van der Waals surface area (Å²) in [5.74, 6) is 0.206. The Labute approximate surface area is 152 Å². The fourth-order valence-corrected chi connectivity index (χ4v) is 5.99. The third-order valence-corrected chi connectivity index (χ3v) is 7.91. The average molecular weight is 382 g/mol. The van der Waals surface area contributed by atoms with Crippen LogP contribution in [-0.4, -0.2) is 53.5 Å². The number of piperidine rings is 1. The van der Waals surface area contributed by atoms with Gasteiger partial charge in [-0.1, -0.05) is 19.9 Å². The van der Waals surface area contributed by atoms with Crippen LogP contribution in [0.15, 0.2) is 23.6 Å².